The van der Waals surface area contributed by atoms with Crippen LogP contribution in [0.3, 0.4) is 0 Å². The van der Waals surface area contributed by atoms with Crippen LogP contribution in [0.4, 0.5) is 13.2 Å². The minimum absolute atomic E-state index is 0.137. The predicted octanol–water partition coefficient (Wildman–Crippen LogP) is 5.63. The standard InChI is InChI=1S/C28H27N3O2.C2HF3O2/c1-33-27-19-24(12-14-26(27)31-17-16-29-21-31)13-15-28(32)30-20-25-9-5-8-23(18-25)11-10-22-6-3-2-4-7-22;3-2(4,5)1(6)7/h2-9,12-19,21H,10-11,20H2,1H3,(H,30,32);(H,6,7). The van der Waals surface area contributed by atoms with Crippen LogP contribution in [0, 0.1) is 0 Å². The lowest BCUT2D eigenvalue weighted by atomic mass is 10.0. The first-order chi connectivity index (χ1) is 19.2. The number of aromatic nitrogens is 2. The summed E-state index contributed by atoms with van der Waals surface area (Å²) in [5.41, 5.74) is 5.47. The minimum Gasteiger partial charge on any atom is -0.495 e. The maximum absolute atomic E-state index is 12.4. The summed E-state index contributed by atoms with van der Waals surface area (Å²) in [6.45, 7) is 0.491. The third kappa shape index (κ3) is 9.46. The van der Waals surface area contributed by atoms with Gasteiger partial charge in [-0.15, -0.1) is 0 Å². The van der Waals surface area contributed by atoms with Crippen molar-refractivity contribution in [2.75, 3.05) is 7.11 Å². The number of carbonyl (C=O) groups excluding carboxylic acids is 1. The van der Waals surface area contributed by atoms with Gasteiger partial charge in [-0.2, -0.15) is 13.2 Å². The molecule has 0 saturated carbocycles. The molecule has 0 atom stereocenters. The molecule has 0 radical (unpaired) electrons. The lowest BCUT2D eigenvalue weighted by Gasteiger charge is -2.10. The van der Waals surface area contributed by atoms with Crippen LogP contribution in [0.25, 0.3) is 11.8 Å². The number of nitrogens with zero attached hydrogens (tertiary/aromatic N) is 2. The summed E-state index contributed by atoms with van der Waals surface area (Å²) in [7, 11) is 1.63. The van der Waals surface area contributed by atoms with Crippen molar-refractivity contribution in [3.05, 3.63) is 120 Å². The fourth-order valence-electron chi connectivity index (χ4n) is 3.66. The molecule has 4 rings (SSSR count). The van der Waals surface area contributed by atoms with Gasteiger partial charge in [0.15, 0.2) is 0 Å². The summed E-state index contributed by atoms with van der Waals surface area (Å²) >= 11 is 0. The molecule has 0 aliphatic rings. The van der Waals surface area contributed by atoms with Crippen LogP contribution >= 0.6 is 0 Å². The number of rotatable bonds is 9. The Morgan fingerprint density at radius 3 is 2.30 bits per heavy atom. The van der Waals surface area contributed by atoms with Gasteiger partial charge in [-0.05, 0) is 53.3 Å². The molecule has 0 spiro atoms. The van der Waals surface area contributed by atoms with Crippen molar-refractivity contribution in [1.82, 2.24) is 14.9 Å². The highest BCUT2D eigenvalue weighted by Crippen LogP contribution is 2.24. The molecule has 3 aromatic carbocycles. The first-order valence-electron chi connectivity index (χ1n) is 12.2. The minimum atomic E-state index is -5.08. The smallest absolute Gasteiger partial charge is 0.490 e. The van der Waals surface area contributed by atoms with Gasteiger partial charge in [-0.1, -0.05) is 60.7 Å². The zero-order valence-corrected chi connectivity index (χ0v) is 21.6. The molecule has 4 aromatic rings. The van der Waals surface area contributed by atoms with Crippen LogP contribution in [0.15, 0.2) is 97.6 Å². The summed E-state index contributed by atoms with van der Waals surface area (Å²) in [5.74, 6) is -2.18. The number of carboxylic acid groups (broad SMARTS) is 1. The van der Waals surface area contributed by atoms with E-state index < -0.39 is 12.1 Å². The molecule has 1 heterocycles. The molecule has 0 bridgehead atoms. The molecule has 0 aliphatic carbocycles. The Morgan fingerprint density at radius 1 is 0.975 bits per heavy atom. The number of imidazole rings is 1. The van der Waals surface area contributed by atoms with Gasteiger partial charge < -0.3 is 19.7 Å². The number of ether oxygens (including phenoxy) is 1. The van der Waals surface area contributed by atoms with Crippen LogP contribution in [0.2, 0.25) is 0 Å². The number of hydrogen-bond acceptors (Lipinski definition) is 4. The van der Waals surface area contributed by atoms with Gasteiger partial charge in [0.2, 0.25) is 5.91 Å². The summed E-state index contributed by atoms with van der Waals surface area (Å²) in [4.78, 5) is 25.3. The highest BCUT2D eigenvalue weighted by atomic mass is 19.4. The maximum atomic E-state index is 12.4. The fraction of sp³-hybridized carbons (Fsp3) is 0.167. The van der Waals surface area contributed by atoms with Crippen molar-refractivity contribution in [2.45, 2.75) is 25.6 Å². The molecule has 40 heavy (non-hydrogen) atoms. The average molecular weight is 552 g/mol. The average Bonchev–Trinajstić information content (AvgIpc) is 3.49. The van der Waals surface area contributed by atoms with E-state index in [-0.39, 0.29) is 5.91 Å². The number of hydrogen-bond donors (Lipinski definition) is 2. The Kier molecular flexibility index (Phi) is 10.6. The quantitative estimate of drug-likeness (QED) is 0.263. The third-order valence-corrected chi connectivity index (χ3v) is 5.66. The first kappa shape index (κ1) is 29.7. The third-order valence-electron chi connectivity index (χ3n) is 5.66. The van der Waals surface area contributed by atoms with E-state index in [9.17, 15) is 18.0 Å². The van der Waals surface area contributed by atoms with E-state index >= 15 is 0 Å². The van der Waals surface area contributed by atoms with Crippen LogP contribution in [0.5, 0.6) is 5.75 Å². The number of carboxylic acids is 1. The Labute approximate surface area is 229 Å². The number of nitrogens with one attached hydrogen (secondary N) is 1. The van der Waals surface area contributed by atoms with Crippen LogP contribution in [-0.4, -0.2) is 39.8 Å². The van der Waals surface area contributed by atoms with Crippen molar-refractivity contribution in [3.63, 3.8) is 0 Å². The van der Waals surface area contributed by atoms with E-state index in [1.807, 2.05) is 47.2 Å². The van der Waals surface area contributed by atoms with Crippen molar-refractivity contribution in [1.29, 1.82) is 0 Å². The Bertz CT molecular complexity index is 1420. The monoisotopic (exact) mass is 551 g/mol. The van der Waals surface area contributed by atoms with E-state index in [1.54, 1.807) is 31.8 Å². The van der Waals surface area contributed by atoms with Crippen LogP contribution < -0.4 is 10.1 Å². The lowest BCUT2D eigenvalue weighted by molar-refractivity contribution is -0.192. The summed E-state index contributed by atoms with van der Waals surface area (Å²) in [5, 5.41) is 10.1. The van der Waals surface area contributed by atoms with Gasteiger partial charge >= 0.3 is 12.1 Å². The summed E-state index contributed by atoms with van der Waals surface area (Å²) < 4.78 is 39.1. The topological polar surface area (TPSA) is 93.5 Å². The van der Waals surface area contributed by atoms with Gasteiger partial charge in [0.05, 0.1) is 19.1 Å². The molecule has 208 valence electrons. The molecular weight excluding hydrogens is 523 g/mol. The molecule has 0 aliphatic heterocycles. The second-order valence-electron chi connectivity index (χ2n) is 8.56. The predicted molar refractivity (Wildman–Crippen MR) is 145 cm³/mol. The number of methoxy groups -OCH3 is 1. The Balaban J connectivity index is 0.000000559. The molecular formula is C30H28F3N3O4. The van der Waals surface area contributed by atoms with Gasteiger partial charge in [0, 0.05) is 25.0 Å². The number of amides is 1. The molecule has 0 fully saturated rings. The number of carbonyl (C=O) groups is 2. The zero-order valence-electron chi connectivity index (χ0n) is 21.6. The zero-order chi connectivity index (χ0) is 29.0. The number of alkyl halides is 3. The Morgan fingerprint density at radius 2 is 1.65 bits per heavy atom. The molecule has 2 N–H and O–H groups in total. The normalized spacial score (nSPS) is 11.0. The molecule has 1 aromatic heterocycles. The van der Waals surface area contributed by atoms with Crippen molar-refractivity contribution in [2.24, 2.45) is 0 Å². The highest BCUT2D eigenvalue weighted by Gasteiger charge is 2.38. The van der Waals surface area contributed by atoms with E-state index in [4.69, 9.17) is 14.6 Å². The molecule has 1 amide bonds. The van der Waals surface area contributed by atoms with Gasteiger partial charge in [-0.25, -0.2) is 9.78 Å². The second-order valence-corrected chi connectivity index (χ2v) is 8.56. The number of aliphatic carboxylic acids is 1. The first-order valence-corrected chi connectivity index (χ1v) is 12.2. The number of aryl methyl sites for hydroxylation is 2. The van der Waals surface area contributed by atoms with Crippen molar-refractivity contribution >= 4 is 18.0 Å². The summed E-state index contributed by atoms with van der Waals surface area (Å²) in [6, 6.07) is 24.6. The van der Waals surface area contributed by atoms with E-state index in [1.165, 1.54) is 11.1 Å². The largest absolute Gasteiger partial charge is 0.495 e. The van der Waals surface area contributed by atoms with Gasteiger partial charge in [0.25, 0.3) is 0 Å². The lowest BCUT2D eigenvalue weighted by Crippen LogP contribution is -2.21. The van der Waals surface area contributed by atoms with E-state index in [0.29, 0.717) is 12.3 Å². The van der Waals surface area contributed by atoms with Crippen molar-refractivity contribution in [3.8, 4) is 11.4 Å². The number of benzene rings is 3. The molecule has 0 unspecified atom stereocenters. The van der Waals surface area contributed by atoms with Gasteiger partial charge in [-0.3, -0.25) is 4.79 Å². The number of halogens is 3. The maximum Gasteiger partial charge on any atom is 0.490 e. The molecule has 7 nitrogen and oxygen atoms in total. The van der Waals surface area contributed by atoms with E-state index in [2.05, 4.69) is 46.7 Å². The second kappa shape index (κ2) is 14.3. The molecule has 0 saturated heterocycles. The van der Waals surface area contributed by atoms with Gasteiger partial charge in [0.1, 0.15) is 5.75 Å². The van der Waals surface area contributed by atoms with E-state index in [0.717, 1.165) is 29.7 Å². The van der Waals surface area contributed by atoms with Crippen LogP contribution in [-0.2, 0) is 29.0 Å². The fourth-order valence-corrected chi connectivity index (χ4v) is 3.66. The molecule has 10 heteroatoms. The highest BCUT2D eigenvalue weighted by molar-refractivity contribution is 5.91. The van der Waals surface area contributed by atoms with Crippen LogP contribution in [0.1, 0.15) is 22.3 Å². The SMILES string of the molecule is COc1cc(C=CC(=O)NCc2cccc(CCc3ccccc3)c2)ccc1-n1ccnc1.O=C(O)C(F)(F)F. The summed E-state index contributed by atoms with van der Waals surface area (Å²) in [6.07, 6.45) is 5.52. The van der Waals surface area contributed by atoms with Crippen molar-refractivity contribution < 1.29 is 32.6 Å². The Hall–Kier alpha value is -4.86.